The molecule has 3 aromatic rings. The number of nitrogens with one attached hydrogen (secondary N) is 1. The van der Waals surface area contributed by atoms with E-state index in [9.17, 15) is 15.3 Å². The maximum Gasteiger partial charge on any atom is 0.166 e. The molecule has 1 saturated heterocycles. The zero-order chi connectivity index (χ0) is 21.5. The van der Waals surface area contributed by atoms with Crippen LogP contribution in [0.25, 0.3) is 11.2 Å². The number of nitrogens with zero attached hydrogens (tertiary/aromatic N) is 7. The van der Waals surface area contributed by atoms with E-state index < -0.39 is 24.2 Å². The maximum absolute atomic E-state index is 10.5. The molecule has 0 radical (unpaired) electrons. The molecule has 2 fully saturated rings. The number of aliphatic hydroxyl groups excluding tert-OH is 3. The van der Waals surface area contributed by atoms with Gasteiger partial charge >= 0.3 is 0 Å². The average Bonchev–Trinajstić information content (AvgIpc) is 3.50. The summed E-state index contributed by atoms with van der Waals surface area (Å²) in [5.41, 5.74) is 1.09. The number of halogens is 1. The van der Waals surface area contributed by atoms with Gasteiger partial charge in [0.15, 0.2) is 17.0 Å². The largest absolute Gasteiger partial charge is 0.396 e. The van der Waals surface area contributed by atoms with Crippen LogP contribution in [0.15, 0.2) is 25.0 Å². The number of aromatic nitrogens is 6. The Balaban J connectivity index is 1.60. The van der Waals surface area contributed by atoms with Crippen molar-refractivity contribution in [2.75, 3.05) is 24.6 Å². The highest BCUT2D eigenvalue weighted by atomic mass is 35.5. The van der Waals surface area contributed by atoms with Crippen molar-refractivity contribution in [2.24, 2.45) is 5.92 Å². The standard InChI is InChI=1S/C19H23ClN8O3/c20-13-4-14(23-7-22-13)28(11-1-2-21-5-11)19-15-18(24-8-25-19)27(9-26-15)12-3-10(6-29)16(30)17(12)31/h4,7-12,16-17,21,29-31H,1-3,5-6H2/t10-,11+,12-,16+,17-/m1/s1. The fourth-order valence-corrected chi connectivity index (χ4v) is 4.74. The van der Waals surface area contributed by atoms with Crippen LogP contribution in [0.1, 0.15) is 18.9 Å². The number of hydrogen-bond acceptors (Lipinski definition) is 10. The summed E-state index contributed by atoms with van der Waals surface area (Å²) in [6, 6.07) is 1.33. The first-order valence-electron chi connectivity index (χ1n) is 10.2. The first-order valence-corrected chi connectivity index (χ1v) is 10.6. The Bertz CT molecular complexity index is 1080. The van der Waals surface area contributed by atoms with Gasteiger partial charge in [-0.2, -0.15) is 0 Å². The van der Waals surface area contributed by atoms with Crippen molar-refractivity contribution in [1.82, 2.24) is 34.8 Å². The third kappa shape index (κ3) is 3.52. The Hall–Kier alpha value is -2.44. The number of imidazole rings is 1. The summed E-state index contributed by atoms with van der Waals surface area (Å²) in [6.45, 7) is 1.43. The Morgan fingerprint density at radius 1 is 1.13 bits per heavy atom. The molecule has 0 bridgehead atoms. The Kier molecular flexibility index (Phi) is 5.44. The highest BCUT2D eigenvalue weighted by molar-refractivity contribution is 6.29. The first-order chi connectivity index (χ1) is 15.1. The van der Waals surface area contributed by atoms with Crippen LogP contribution >= 0.6 is 11.6 Å². The topological polar surface area (TPSA) is 145 Å². The van der Waals surface area contributed by atoms with Crippen molar-refractivity contribution in [3.05, 3.63) is 30.2 Å². The molecule has 164 valence electrons. The van der Waals surface area contributed by atoms with Crippen LogP contribution in [0.2, 0.25) is 5.15 Å². The minimum Gasteiger partial charge on any atom is -0.396 e. The van der Waals surface area contributed by atoms with Crippen molar-refractivity contribution in [1.29, 1.82) is 0 Å². The molecule has 0 amide bonds. The second-order valence-corrected chi connectivity index (χ2v) is 8.35. The number of fused-ring (bicyclic) bond motifs is 1. The molecular formula is C19H23ClN8O3. The summed E-state index contributed by atoms with van der Waals surface area (Å²) in [5, 5.41) is 34.0. The fourth-order valence-electron chi connectivity index (χ4n) is 4.60. The van der Waals surface area contributed by atoms with E-state index in [1.54, 1.807) is 17.0 Å². The minimum atomic E-state index is -1.02. The molecule has 0 aromatic carbocycles. The molecule has 4 N–H and O–H groups in total. The second-order valence-electron chi connectivity index (χ2n) is 7.96. The van der Waals surface area contributed by atoms with Crippen LogP contribution in [0.3, 0.4) is 0 Å². The van der Waals surface area contributed by atoms with Crippen molar-refractivity contribution >= 4 is 34.4 Å². The number of hydrogen-bond donors (Lipinski definition) is 4. The molecule has 1 aliphatic carbocycles. The van der Waals surface area contributed by atoms with Crippen LogP contribution in [-0.4, -0.2) is 82.8 Å². The molecule has 0 spiro atoms. The first kappa shape index (κ1) is 20.5. The normalized spacial score (nSPS) is 28.5. The van der Waals surface area contributed by atoms with Crippen molar-refractivity contribution in [3.8, 4) is 0 Å². The molecule has 4 heterocycles. The van der Waals surface area contributed by atoms with E-state index in [0.717, 1.165) is 19.5 Å². The zero-order valence-corrected chi connectivity index (χ0v) is 17.3. The average molecular weight is 447 g/mol. The molecule has 1 saturated carbocycles. The number of anilines is 2. The lowest BCUT2D eigenvalue weighted by Gasteiger charge is -2.28. The molecule has 11 nitrogen and oxygen atoms in total. The minimum absolute atomic E-state index is 0.0897. The maximum atomic E-state index is 10.5. The third-order valence-electron chi connectivity index (χ3n) is 6.20. The molecule has 5 atom stereocenters. The van der Waals surface area contributed by atoms with Gasteiger partial charge in [0.2, 0.25) is 0 Å². The van der Waals surface area contributed by atoms with Gasteiger partial charge in [0.1, 0.15) is 29.7 Å². The van der Waals surface area contributed by atoms with E-state index in [0.29, 0.717) is 34.4 Å². The third-order valence-corrected chi connectivity index (χ3v) is 6.40. The summed E-state index contributed by atoms with van der Waals surface area (Å²) in [5.74, 6) is 0.793. The van der Waals surface area contributed by atoms with Gasteiger partial charge in [-0.3, -0.25) is 0 Å². The van der Waals surface area contributed by atoms with Crippen LogP contribution in [-0.2, 0) is 0 Å². The van der Waals surface area contributed by atoms with Gasteiger partial charge in [-0.15, -0.1) is 0 Å². The van der Waals surface area contributed by atoms with Crippen molar-refractivity contribution < 1.29 is 15.3 Å². The molecule has 2 aliphatic rings. The zero-order valence-electron chi connectivity index (χ0n) is 16.6. The lowest BCUT2D eigenvalue weighted by atomic mass is 10.1. The number of rotatable bonds is 5. The number of aliphatic hydroxyl groups is 3. The highest BCUT2D eigenvalue weighted by Gasteiger charge is 2.43. The van der Waals surface area contributed by atoms with E-state index >= 15 is 0 Å². The summed E-state index contributed by atoms with van der Waals surface area (Å²) in [4.78, 5) is 23.9. The highest BCUT2D eigenvalue weighted by Crippen LogP contribution is 2.38. The molecular weight excluding hydrogens is 424 g/mol. The summed E-state index contributed by atoms with van der Waals surface area (Å²) in [7, 11) is 0. The van der Waals surface area contributed by atoms with Gasteiger partial charge < -0.3 is 30.1 Å². The summed E-state index contributed by atoms with van der Waals surface area (Å²) >= 11 is 6.13. The van der Waals surface area contributed by atoms with Crippen LogP contribution in [0.5, 0.6) is 0 Å². The van der Waals surface area contributed by atoms with Gasteiger partial charge in [0.05, 0.1) is 24.5 Å². The van der Waals surface area contributed by atoms with Crippen molar-refractivity contribution in [2.45, 2.75) is 37.1 Å². The van der Waals surface area contributed by atoms with Gasteiger partial charge in [0.25, 0.3) is 0 Å². The summed E-state index contributed by atoms with van der Waals surface area (Å²) in [6.07, 6.45) is 3.74. The lowest BCUT2D eigenvalue weighted by molar-refractivity contribution is -0.00370. The fraction of sp³-hybridized carbons (Fsp3) is 0.526. The molecule has 31 heavy (non-hydrogen) atoms. The van der Waals surface area contributed by atoms with Crippen molar-refractivity contribution in [3.63, 3.8) is 0 Å². The summed E-state index contributed by atoms with van der Waals surface area (Å²) < 4.78 is 1.75. The van der Waals surface area contributed by atoms with Gasteiger partial charge in [-0.05, 0) is 19.4 Å². The Morgan fingerprint density at radius 2 is 1.97 bits per heavy atom. The van der Waals surface area contributed by atoms with Crippen LogP contribution in [0, 0.1) is 5.92 Å². The van der Waals surface area contributed by atoms with E-state index in [2.05, 4.69) is 30.2 Å². The van der Waals surface area contributed by atoms with Gasteiger partial charge in [-0.1, -0.05) is 11.6 Å². The Morgan fingerprint density at radius 3 is 2.68 bits per heavy atom. The van der Waals surface area contributed by atoms with E-state index in [-0.39, 0.29) is 12.6 Å². The molecule has 3 aromatic heterocycles. The van der Waals surface area contributed by atoms with E-state index in [1.807, 2.05) is 4.90 Å². The predicted octanol–water partition coefficient (Wildman–Crippen LogP) is 0.0448. The Labute approximate surface area is 182 Å². The van der Waals surface area contributed by atoms with Gasteiger partial charge in [0, 0.05) is 25.1 Å². The molecule has 12 heteroatoms. The van der Waals surface area contributed by atoms with E-state index in [1.165, 1.54) is 12.7 Å². The SMILES string of the molecule is OC[C@H]1C[C@@H](n2cnc3c(N(c4cc(Cl)ncn4)[C@H]4CCNC4)ncnc32)[C@@H](O)[C@H]1O. The molecule has 1 aliphatic heterocycles. The predicted molar refractivity (Wildman–Crippen MR) is 112 cm³/mol. The van der Waals surface area contributed by atoms with Gasteiger partial charge in [-0.25, -0.2) is 24.9 Å². The quantitative estimate of drug-likeness (QED) is 0.396. The lowest BCUT2D eigenvalue weighted by Crippen LogP contribution is -2.34. The monoisotopic (exact) mass is 446 g/mol. The molecule has 5 rings (SSSR count). The van der Waals surface area contributed by atoms with Crippen LogP contribution in [0.4, 0.5) is 11.6 Å². The smallest absolute Gasteiger partial charge is 0.166 e. The van der Waals surface area contributed by atoms with E-state index in [4.69, 9.17) is 11.6 Å². The van der Waals surface area contributed by atoms with Crippen LogP contribution < -0.4 is 10.2 Å². The second kappa shape index (κ2) is 8.24. The molecule has 0 unspecified atom stereocenters.